The number of amides is 1. The molecule has 0 unspecified atom stereocenters. The fraction of sp³-hybridized carbons (Fsp3) is 0.364. The molecule has 8 heteroatoms. The minimum atomic E-state index is 0.145. The average Bonchev–Trinajstić information content (AvgIpc) is 3.21. The third-order valence-corrected chi connectivity index (χ3v) is 6.15. The molecule has 1 saturated heterocycles. The summed E-state index contributed by atoms with van der Waals surface area (Å²) in [7, 11) is 1.64. The molecule has 1 aliphatic rings. The van der Waals surface area contributed by atoms with Crippen molar-refractivity contribution in [3.63, 3.8) is 0 Å². The van der Waals surface area contributed by atoms with Gasteiger partial charge in [0.05, 0.1) is 18.6 Å². The number of methoxy groups -OCH3 is 1. The summed E-state index contributed by atoms with van der Waals surface area (Å²) in [6, 6.07) is 11.5. The highest BCUT2D eigenvalue weighted by molar-refractivity contribution is 7.99. The van der Waals surface area contributed by atoms with Crippen molar-refractivity contribution in [2.45, 2.75) is 24.9 Å². The number of para-hydroxylation sites is 2. The fourth-order valence-electron chi connectivity index (χ4n) is 3.72. The minimum absolute atomic E-state index is 0.145. The van der Waals surface area contributed by atoms with E-state index in [-0.39, 0.29) is 5.91 Å². The number of rotatable bonds is 6. The second-order valence-corrected chi connectivity index (χ2v) is 8.37. The molecular formula is C22H25N5O2S. The second kappa shape index (κ2) is 9.30. The van der Waals surface area contributed by atoms with Gasteiger partial charge in [-0.15, -0.1) is 10.2 Å². The molecule has 3 aromatic rings. The zero-order chi connectivity index (χ0) is 20.9. The lowest BCUT2D eigenvalue weighted by Crippen LogP contribution is -2.40. The van der Waals surface area contributed by atoms with Gasteiger partial charge in [-0.25, -0.2) is 0 Å². The van der Waals surface area contributed by atoms with Crippen molar-refractivity contribution < 1.29 is 9.53 Å². The molecule has 0 bridgehead atoms. The Bertz CT molecular complexity index is 1010. The monoisotopic (exact) mass is 423 g/mol. The Labute approximate surface area is 180 Å². The summed E-state index contributed by atoms with van der Waals surface area (Å²) in [5.41, 5.74) is 1.73. The van der Waals surface area contributed by atoms with E-state index < -0.39 is 0 Å². The van der Waals surface area contributed by atoms with Crippen LogP contribution in [0, 0.1) is 5.92 Å². The number of ether oxygens (including phenoxy) is 1. The Kier molecular flexibility index (Phi) is 6.32. The molecule has 0 spiro atoms. The number of piperidine rings is 1. The second-order valence-electron chi connectivity index (χ2n) is 7.43. The zero-order valence-electron chi connectivity index (χ0n) is 17.2. The van der Waals surface area contributed by atoms with Crippen LogP contribution in [0.15, 0.2) is 53.9 Å². The summed E-state index contributed by atoms with van der Waals surface area (Å²) >= 11 is 1.41. The van der Waals surface area contributed by atoms with E-state index in [4.69, 9.17) is 4.74 Å². The predicted molar refractivity (Wildman–Crippen MR) is 117 cm³/mol. The maximum absolute atomic E-state index is 12.8. The third kappa shape index (κ3) is 4.33. The molecule has 1 aromatic carbocycles. The molecule has 30 heavy (non-hydrogen) atoms. The maximum atomic E-state index is 12.8. The Hall–Kier alpha value is -2.87. The first kappa shape index (κ1) is 20.4. The molecule has 0 N–H and O–H groups in total. The van der Waals surface area contributed by atoms with Crippen LogP contribution in [-0.4, -0.2) is 56.5 Å². The number of carbonyl (C=O) groups excluding carboxylic acids is 1. The van der Waals surface area contributed by atoms with Gasteiger partial charge in [0.25, 0.3) is 0 Å². The van der Waals surface area contributed by atoms with Crippen molar-refractivity contribution in [2.75, 3.05) is 26.0 Å². The molecule has 1 fully saturated rings. The number of hydrogen-bond acceptors (Lipinski definition) is 6. The van der Waals surface area contributed by atoms with Crippen molar-refractivity contribution in [2.24, 2.45) is 5.92 Å². The van der Waals surface area contributed by atoms with Gasteiger partial charge in [0.1, 0.15) is 5.75 Å². The van der Waals surface area contributed by atoms with Crippen molar-refractivity contribution in [3.8, 4) is 22.8 Å². The van der Waals surface area contributed by atoms with Crippen LogP contribution in [0.4, 0.5) is 0 Å². The van der Waals surface area contributed by atoms with Crippen LogP contribution >= 0.6 is 11.8 Å². The van der Waals surface area contributed by atoms with Gasteiger partial charge in [0, 0.05) is 31.0 Å². The Balaban J connectivity index is 1.65. The van der Waals surface area contributed by atoms with E-state index in [1.54, 1.807) is 19.5 Å². The molecule has 0 saturated carbocycles. The van der Waals surface area contributed by atoms with E-state index in [1.807, 2.05) is 45.9 Å². The number of benzene rings is 1. The molecule has 0 radical (unpaired) electrons. The van der Waals surface area contributed by atoms with Gasteiger partial charge in [0.15, 0.2) is 11.0 Å². The van der Waals surface area contributed by atoms with Crippen LogP contribution in [-0.2, 0) is 4.79 Å². The van der Waals surface area contributed by atoms with Crippen molar-refractivity contribution >= 4 is 17.7 Å². The summed E-state index contributed by atoms with van der Waals surface area (Å²) < 4.78 is 7.52. The van der Waals surface area contributed by atoms with Crippen LogP contribution in [0.3, 0.4) is 0 Å². The number of pyridine rings is 1. The highest BCUT2D eigenvalue weighted by Gasteiger charge is 2.23. The lowest BCUT2D eigenvalue weighted by molar-refractivity contribution is -0.130. The van der Waals surface area contributed by atoms with Gasteiger partial charge in [0.2, 0.25) is 5.91 Å². The lowest BCUT2D eigenvalue weighted by atomic mass is 10.0. The first-order chi connectivity index (χ1) is 14.7. The van der Waals surface area contributed by atoms with Crippen LogP contribution in [0.25, 0.3) is 17.1 Å². The summed E-state index contributed by atoms with van der Waals surface area (Å²) in [5.74, 6) is 2.43. The van der Waals surface area contributed by atoms with Gasteiger partial charge in [-0.3, -0.25) is 14.3 Å². The molecule has 1 aliphatic heterocycles. The predicted octanol–water partition coefficient (Wildman–Crippen LogP) is 3.69. The Morgan fingerprint density at radius 1 is 1.20 bits per heavy atom. The van der Waals surface area contributed by atoms with Crippen LogP contribution in [0.5, 0.6) is 5.75 Å². The van der Waals surface area contributed by atoms with Crippen LogP contribution in [0.1, 0.15) is 19.8 Å². The molecule has 4 rings (SSSR count). The first-order valence-corrected chi connectivity index (χ1v) is 11.1. The maximum Gasteiger partial charge on any atom is 0.233 e. The summed E-state index contributed by atoms with van der Waals surface area (Å²) in [5, 5.41) is 9.49. The van der Waals surface area contributed by atoms with Crippen molar-refractivity contribution in [3.05, 3.63) is 48.8 Å². The lowest BCUT2D eigenvalue weighted by Gasteiger charge is -2.30. The Morgan fingerprint density at radius 2 is 2.00 bits per heavy atom. The molecule has 1 amide bonds. The molecule has 3 heterocycles. The van der Waals surface area contributed by atoms with Gasteiger partial charge in [-0.05, 0) is 43.0 Å². The van der Waals surface area contributed by atoms with Gasteiger partial charge >= 0.3 is 0 Å². The number of thioether (sulfide) groups is 1. The fourth-order valence-corrected chi connectivity index (χ4v) is 4.56. The average molecular weight is 424 g/mol. The zero-order valence-corrected chi connectivity index (χ0v) is 18.0. The molecule has 7 nitrogen and oxygen atoms in total. The summed E-state index contributed by atoms with van der Waals surface area (Å²) in [6.07, 6.45) is 5.71. The number of aromatic nitrogens is 4. The number of nitrogens with zero attached hydrogens (tertiary/aromatic N) is 5. The normalized spacial score (nSPS) is 16.5. The molecule has 0 aliphatic carbocycles. The van der Waals surface area contributed by atoms with E-state index in [2.05, 4.69) is 22.1 Å². The first-order valence-electron chi connectivity index (χ1n) is 10.1. The van der Waals surface area contributed by atoms with Gasteiger partial charge in [-0.1, -0.05) is 30.8 Å². The summed E-state index contributed by atoms with van der Waals surface area (Å²) in [4.78, 5) is 18.8. The smallest absolute Gasteiger partial charge is 0.233 e. The molecule has 2 aromatic heterocycles. The quantitative estimate of drug-likeness (QED) is 0.563. The topological polar surface area (TPSA) is 73.1 Å². The molecular weight excluding hydrogens is 398 g/mol. The standard InChI is InChI=1S/C22H25N5O2S/c1-16-6-5-13-26(14-16)20(28)15-30-22-25-24-21(17-9-11-23-12-10-17)27(22)18-7-3-4-8-19(18)29-2/h3-4,7-12,16H,5-6,13-15H2,1-2H3/t16-/m1/s1. The van der Waals surface area contributed by atoms with Gasteiger partial charge in [-0.2, -0.15) is 0 Å². The van der Waals surface area contributed by atoms with Crippen LogP contribution in [0.2, 0.25) is 0 Å². The van der Waals surface area contributed by atoms with E-state index in [1.165, 1.54) is 18.2 Å². The SMILES string of the molecule is COc1ccccc1-n1c(SCC(=O)N2CCC[C@@H](C)C2)nnc1-c1ccncc1. The highest BCUT2D eigenvalue weighted by atomic mass is 32.2. The molecule has 156 valence electrons. The Morgan fingerprint density at radius 3 is 2.77 bits per heavy atom. The van der Waals surface area contributed by atoms with Crippen molar-refractivity contribution in [1.29, 1.82) is 0 Å². The molecule has 1 atom stereocenters. The van der Waals surface area contributed by atoms with E-state index in [0.29, 0.717) is 28.4 Å². The van der Waals surface area contributed by atoms with E-state index in [0.717, 1.165) is 30.8 Å². The third-order valence-electron chi connectivity index (χ3n) is 5.23. The number of carbonyl (C=O) groups is 1. The van der Waals surface area contributed by atoms with Gasteiger partial charge < -0.3 is 9.64 Å². The number of hydrogen-bond donors (Lipinski definition) is 0. The van der Waals surface area contributed by atoms with E-state index >= 15 is 0 Å². The van der Waals surface area contributed by atoms with Crippen molar-refractivity contribution in [1.82, 2.24) is 24.6 Å². The number of likely N-dealkylation sites (tertiary alicyclic amines) is 1. The van der Waals surface area contributed by atoms with E-state index in [9.17, 15) is 4.79 Å². The highest BCUT2D eigenvalue weighted by Crippen LogP contribution is 2.32. The minimum Gasteiger partial charge on any atom is -0.495 e. The van der Waals surface area contributed by atoms with Crippen LogP contribution < -0.4 is 4.74 Å². The largest absolute Gasteiger partial charge is 0.495 e. The summed E-state index contributed by atoms with van der Waals surface area (Å²) in [6.45, 7) is 3.87.